The molecule has 0 radical (unpaired) electrons. The van der Waals surface area contributed by atoms with E-state index >= 15 is 0 Å². The fourth-order valence-corrected chi connectivity index (χ4v) is 3.81. The lowest BCUT2D eigenvalue weighted by molar-refractivity contribution is 0.0705. The Morgan fingerprint density at radius 3 is 2.84 bits per heavy atom. The van der Waals surface area contributed by atoms with Gasteiger partial charge in [0.05, 0.1) is 24.1 Å². The third-order valence-electron chi connectivity index (χ3n) is 5.29. The van der Waals surface area contributed by atoms with Gasteiger partial charge in [-0.1, -0.05) is 0 Å². The van der Waals surface area contributed by atoms with E-state index in [1.54, 1.807) is 6.20 Å². The van der Waals surface area contributed by atoms with Crippen molar-refractivity contribution >= 4 is 5.91 Å². The molecule has 0 bridgehead atoms. The summed E-state index contributed by atoms with van der Waals surface area (Å²) in [7, 11) is 0. The van der Waals surface area contributed by atoms with E-state index in [1.807, 2.05) is 38.2 Å². The van der Waals surface area contributed by atoms with Crippen molar-refractivity contribution in [1.29, 1.82) is 0 Å². The maximum absolute atomic E-state index is 13.3. The molecule has 4 rings (SSSR count). The van der Waals surface area contributed by atoms with Crippen molar-refractivity contribution in [2.45, 2.75) is 39.2 Å². The molecule has 2 aromatic heterocycles. The Morgan fingerprint density at radius 2 is 2.20 bits per heavy atom. The number of hydrogen-bond acceptors (Lipinski definition) is 3. The van der Waals surface area contributed by atoms with E-state index in [1.165, 1.54) is 0 Å². The maximum Gasteiger partial charge on any atom is 0.255 e. The normalized spacial score (nSPS) is 20.0. The summed E-state index contributed by atoms with van der Waals surface area (Å²) in [6.07, 6.45) is 6.91. The van der Waals surface area contributed by atoms with Gasteiger partial charge in [-0.3, -0.25) is 9.78 Å². The summed E-state index contributed by atoms with van der Waals surface area (Å²) in [4.78, 5) is 19.6. The van der Waals surface area contributed by atoms with Gasteiger partial charge in [0, 0.05) is 42.7 Å². The minimum Gasteiger partial charge on any atom is -0.381 e. The highest BCUT2D eigenvalue weighted by Crippen LogP contribution is 2.32. The Bertz CT molecular complexity index is 759. The van der Waals surface area contributed by atoms with E-state index < -0.39 is 0 Å². The van der Waals surface area contributed by atoms with Crippen LogP contribution >= 0.6 is 0 Å². The Labute approximate surface area is 148 Å². The number of carbonyl (C=O) groups excluding carboxylic acids is 1. The van der Waals surface area contributed by atoms with Crippen LogP contribution in [-0.2, 0) is 4.74 Å². The molecule has 1 aliphatic carbocycles. The van der Waals surface area contributed by atoms with Crippen LogP contribution < -0.4 is 0 Å². The first-order chi connectivity index (χ1) is 12.1. The first-order valence-electron chi connectivity index (χ1n) is 9.13. The molecule has 5 heteroatoms. The third kappa shape index (κ3) is 3.21. The largest absolute Gasteiger partial charge is 0.381 e. The lowest BCUT2D eigenvalue weighted by Gasteiger charge is -2.25. The highest BCUT2D eigenvalue weighted by Gasteiger charge is 2.36. The number of nitrogens with zero attached hydrogens (tertiary/aromatic N) is 3. The molecule has 0 aromatic carbocycles. The van der Waals surface area contributed by atoms with E-state index in [0.717, 1.165) is 61.7 Å². The second kappa shape index (κ2) is 6.64. The minimum absolute atomic E-state index is 0.164. The Balaban J connectivity index is 1.63. The Morgan fingerprint density at radius 1 is 1.36 bits per heavy atom. The molecule has 1 saturated heterocycles. The molecule has 1 atom stereocenters. The predicted molar refractivity (Wildman–Crippen MR) is 96.0 cm³/mol. The molecule has 0 N–H and O–H groups in total. The van der Waals surface area contributed by atoms with Crippen LogP contribution in [0.2, 0.25) is 0 Å². The van der Waals surface area contributed by atoms with Crippen molar-refractivity contribution in [1.82, 2.24) is 14.5 Å². The van der Waals surface area contributed by atoms with E-state index in [4.69, 9.17) is 4.74 Å². The highest BCUT2D eigenvalue weighted by molar-refractivity contribution is 5.96. The molecule has 0 unspecified atom stereocenters. The number of carbonyl (C=O) groups is 1. The van der Waals surface area contributed by atoms with Gasteiger partial charge in [-0.05, 0) is 51.3 Å². The number of amides is 1. The van der Waals surface area contributed by atoms with Gasteiger partial charge in [-0.25, -0.2) is 0 Å². The summed E-state index contributed by atoms with van der Waals surface area (Å²) in [5.74, 6) is 0.643. The smallest absolute Gasteiger partial charge is 0.255 e. The molecular weight excluding hydrogens is 314 g/mol. The van der Waals surface area contributed by atoms with Crippen molar-refractivity contribution in [3.05, 3.63) is 47.5 Å². The first kappa shape index (κ1) is 16.3. The SMILES string of the molecule is Cc1cc(C(=O)N(C[C@@H]2CCOC2)C2CC2)c(C)n1-c1cccnc1. The van der Waals surface area contributed by atoms with Gasteiger partial charge in [0.25, 0.3) is 5.91 Å². The van der Waals surface area contributed by atoms with Crippen molar-refractivity contribution in [2.24, 2.45) is 5.92 Å². The van der Waals surface area contributed by atoms with Crippen LogP contribution in [0.15, 0.2) is 30.6 Å². The highest BCUT2D eigenvalue weighted by atomic mass is 16.5. The van der Waals surface area contributed by atoms with Crippen molar-refractivity contribution in [2.75, 3.05) is 19.8 Å². The molecule has 1 aliphatic heterocycles. The lowest BCUT2D eigenvalue weighted by Crippen LogP contribution is -2.37. The number of pyridine rings is 1. The minimum atomic E-state index is 0.164. The second-order valence-electron chi connectivity index (χ2n) is 7.25. The van der Waals surface area contributed by atoms with Crippen LogP contribution in [0.25, 0.3) is 5.69 Å². The first-order valence-corrected chi connectivity index (χ1v) is 9.13. The van der Waals surface area contributed by atoms with Crippen LogP contribution in [-0.4, -0.2) is 46.2 Å². The van der Waals surface area contributed by atoms with E-state index in [9.17, 15) is 4.79 Å². The van der Waals surface area contributed by atoms with Gasteiger partial charge < -0.3 is 14.2 Å². The molecule has 1 amide bonds. The number of ether oxygens (including phenoxy) is 1. The zero-order valence-electron chi connectivity index (χ0n) is 14.9. The molecule has 0 spiro atoms. The number of aromatic nitrogens is 2. The molecule has 132 valence electrons. The molecule has 3 heterocycles. The molecule has 2 aliphatic rings. The molecule has 2 aromatic rings. The van der Waals surface area contributed by atoms with Crippen LogP contribution in [0, 0.1) is 19.8 Å². The molecule has 1 saturated carbocycles. The molecule has 2 fully saturated rings. The van der Waals surface area contributed by atoms with Gasteiger partial charge >= 0.3 is 0 Å². The number of hydrogen-bond donors (Lipinski definition) is 0. The summed E-state index contributed by atoms with van der Waals surface area (Å²) in [5.41, 5.74) is 3.86. The lowest BCUT2D eigenvalue weighted by atomic mass is 10.1. The predicted octanol–water partition coefficient (Wildman–Crippen LogP) is 3.13. The fourth-order valence-electron chi connectivity index (χ4n) is 3.81. The standard InChI is InChI=1S/C20H25N3O2/c1-14-10-19(15(2)23(14)18-4-3-8-21-11-18)20(24)22(17-5-6-17)12-16-7-9-25-13-16/h3-4,8,10-11,16-17H,5-7,9,12-13H2,1-2H3/t16-/m0/s1. The van der Waals surface area contributed by atoms with Gasteiger partial charge in [0.1, 0.15) is 0 Å². The summed E-state index contributed by atoms with van der Waals surface area (Å²) < 4.78 is 7.61. The van der Waals surface area contributed by atoms with E-state index in [0.29, 0.717) is 12.0 Å². The quantitative estimate of drug-likeness (QED) is 0.841. The van der Waals surface area contributed by atoms with E-state index in [-0.39, 0.29) is 5.91 Å². The topological polar surface area (TPSA) is 47.4 Å². The van der Waals surface area contributed by atoms with Crippen LogP contribution in [0.3, 0.4) is 0 Å². The van der Waals surface area contributed by atoms with Crippen LogP contribution in [0.5, 0.6) is 0 Å². The summed E-state index contributed by atoms with van der Waals surface area (Å²) in [6.45, 7) is 6.50. The molecular formula is C20H25N3O2. The van der Waals surface area contributed by atoms with Gasteiger partial charge in [0.15, 0.2) is 0 Å². The zero-order valence-corrected chi connectivity index (χ0v) is 14.9. The van der Waals surface area contributed by atoms with E-state index in [2.05, 4.69) is 14.5 Å². The van der Waals surface area contributed by atoms with Crippen molar-refractivity contribution in [3.63, 3.8) is 0 Å². The van der Waals surface area contributed by atoms with Gasteiger partial charge in [-0.15, -0.1) is 0 Å². The fraction of sp³-hybridized carbons (Fsp3) is 0.500. The van der Waals surface area contributed by atoms with Crippen LogP contribution in [0.1, 0.15) is 41.0 Å². The van der Waals surface area contributed by atoms with Crippen LogP contribution in [0.4, 0.5) is 0 Å². The zero-order chi connectivity index (χ0) is 17.4. The average molecular weight is 339 g/mol. The summed E-state index contributed by atoms with van der Waals surface area (Å²) in [5, 5.41) is 0. The van der Waals surface area contributed by atoms with Gasteiger partial charge in [-0.2, -0.15) is 0 Å². The summed E-state index contributed by atoms with van der Waals surface area (Å²) in [6, 6.07) is 6.38. The second-order valence-corrected chi connectivity index (χ2v) is 7.25. The number of rotatable bonds is 5. The average Bonchev–Trinajstić information content (AvgIpc) is 3.24. The Kier molecular flexibility index (Phi) is 4.34. The molecule has 5 nitrogen and oxygen atoms in total. The van der Waals surface area contributed by atoms with Crippen molar-refractivity contribution in [3.8, 4) is 5.69 Å². The van der Waals surface area contributed by atoms with Gasteiger partial charge in [0.2, 0.25) is 0 Å². The maximum atomic E-state index is 13.3. The molecule has 25 heavy (non-hydrogen) atoms. The monoisotopic (exact) mass is 339 g/mol. The Hall–Kier alpha value is -2.14. The van der Waals surface area contributed by atoms with Crippen molar-refractivity contribution < 1.29 is 9.53 Å². The summed E-state index contributed by atoms with van der Waals surface area (Å²) >= 11 is 0. The number of aryl methyl sites for hydroxylation is 1. The third-order valence-corrected chi connectivity index (χ3v) is 5.29.